The van der Waals surface area contributed by atoms with Gasteiger partial charge in [-0.2, -0.15) is 0 Å². The summed E-state index contributed by atoms with van der Waals surface area (Å²) in [5.41, 5.74) is 1.45. The molecule has 1 N–H and O–H groups in total. The molecular weight excluding hydrogens is 283 g/mol. The monoisotopic (exact) mass is 298 g/mol. The number of hydrogen-bond acceptors (Lipinski definition) is 4. The molecule has 0 atom stereocenters. The molecule has 20 heavy (non-hydrogen) atoms. The minimum atomic E-state index is -3.29. The van der Waals surface area contributed by atoms with E-state index in [1.54, 1.807) is 26.0 Å². The predicted molar refractivity (Wildman–Crippen MR) is 72.4 cm³/mol. The molecule has 108 valence electrons. The third-order valence-electron chi connectivity index (χ3n) is 2.81. The number of nitrogens with zero attached hydrogens (tertiary/aromatic N) is 3. The lowest BCUT2D eigenvalue weighted by atomic mass is 10.2. The van der Waals surface area contributed by atoms with Crippen molar-refractivity contribution >= 4 is 10.0 Å². The summed E-state index contributed by atoms with van der Waals surface area (Å²) in [5.74, 6) is -0.413. The zero-order valence-corrected chi connectivity index (χ0v) is 12.0. The van der Waals surface area contributed by atoms with Gasteiger partial charge in [-0.05, 0) is 25.5 Å². The van der Waals surface area contributed by atoms with Crippen LogP contribution in [0.3, 0.4) is 0 Å². The second-order valence-corrected chi connectivity index (χ2v) is 6.38. The number of sulfonamides is 1. The summed E-state index contributed by atoms with van der Waals surface area (Å²) < 4.78 is 40.1. The molecule has 0 unspecified atom stereocenters. The molecule has 0 amide bonds. The first-order valence-electron chi connectivity index (χ1n) is 6.07. The van der Waals surface area contributed by atoms with Crippen LogP contribution in [0.4, 0.5) is 4.39 Å². The molecule has 1 aromatic carbocycles. The zero-order chi connectivity index (χ0) is 14.8. The fourth-order valence-corrected chi connectivity index (χ4v) is 2.26. The summed E-state index contributed by atoms with van der Waals surface area (Å²) in [7, 11) is -3.29. The Morgan fingerprint density at radius 1 is 1.40 bits per heavy atom. The molecule has 0 saturated heterocycles. The Hall–Kier alpha value is -1.80. The van der Waals surface area contributed by atoms with Crippen molar-refractivity contribution < 1.29 is 12.8 Å². The van der Waals surface area contributed by atoms with Gasteiger partial charge in [0.2, 0.25) is 10.0 Å². The Balaban J connectivity index is 2.22. The highest BCUT2D eigenvalue weighted by atomic mass is 32.2. The maximum atomic E-state index is 13.8. The van der Waals surface area contributed by atoms with Gasteiger partial charge in [0.1, 0.15) is 11.5 Å². The van der Waals surface area contributed by atoms with Gasteiger partial charge in [-0.25, -0.2) is 22.2 Å². The first kappa shape index (κ1) is 14.6. The summed E-state index contributed by atoms with van der Waals surface area (Å²) in [6.45, 7) is 3.34. The van der Waals surface area contributed by atoms with Crippen molar-refractivity contribution in [3.8, 4) is 5.69 Å². The summed E-state index contributed by atoms with van der Waals surface area (Å²) in [4.78, 5) is 0. The van der Waals surface area contributed by atoms with Crippen LogP contribution in [-0.2, 0) is 16.6 Å². The first-order chi connectivity index (χ1) is 9.43. The largest absolute Gasteiger partial charge is 0.217 e. The summed E-state index contributed by atoms with van der Waals surface area (Å²) in [6.07, 6.45) is 1.50. The molecule has 0 radical (unpaired) electrons. The van der Waals surface area contributed by atoms with Crippen molar-refractivity contribution in [2.75, 3.05) is 5.75 Å². The van der Waals surface area contributed by atoms with E-state index in [1.165, 1.54) is 16.9 Å². The summed E-state index contributed by atoms with van der Waals surface area (Å²) in [6, 6.07) is 4.71. The summed E-state index contributed by atoms with van der Waals surface area (Å²) in [5, 5.41) is 7.66. The smallest absolute Gasteiger partial charge is 0.211 e. The number of para-hydroxylation sites is 1. The highest BCUT2D eigenvalue weighted by Crippen LogP contribution is 2.16. The van der Waals surface area contributed by atoms with Gasteiger partial charge in [-0.3, -0.25) is 0 Å². The van der Waals surface area contributed by atoms with Crippen LogP contribution < -0.4 is 4.72 Å². The molecule has 0 spiro atoms. The Labute approximate surface area is 116 Å². The van der Waals surface area contributed by atoms with Gasteiger partial charge >= 0.3 is 0 Å². The van der Waals surface area contributed by atoms with Crippen LogP contribution in [0.2, 0.25) is 0 Å². The van der Waals surface area contributed by atoms with Crippen LogP contribution >= 0.6 is 0 Å². The molecule has 0 saturated carbocycles. The average Bonchev–Trinajstić information content (AvgIpc) is 2.85. The van der Waals surface area contributed by atoms with Crippen molar-refractivity contribution in [2.45, 2.75) is 20.4 Å². The molecular formula is C12H15FN4O2S. The lowest BCUT2D eigenvalue weighted by Crippen LogP contribution is -2.24. The van der Waals surface area contributed by atoms with E-state index in [0.717, 1.165) is 5.56 Å². The number of aryl methyl sites for hydroxylation is 1. The van der Waals surface area contributed by atoms with Gasteiger partial charge in [0, 0.05) is 0 Å². The molecule has 2 rings (SSSR count). The van der Waals surface area contributed by atoms with Crippen LogP contribution in [-0.4, -0.2) is 29.2 Å². The van der Waals surface area contributed by atoms with Gasteiger partial charge < -0.3 is 0 Å². The number of benzene rings is 1. The number of halogens is 1. The van der Waals surface area contributed by atoms with Crippen molar-refractivity contribution in [1.82, 2.24) is 19.7 Å². The second kappa shape index (κ2) is 5.68. The van der Waals surface area contributed by atoms with E-state index in [-0.39, 0.29) is 12.3 Å². The Morgan fingerprint density at radius 3 is 2.80 bits per heavy atom. The van der Waals surface area contributed by atoms with Gasteiger partial charge in [0.15, 0.2) is 0 Å². The lowest BCUT2D eigenvalue weighted by molar-refractivity contribution is 0.581. The van der Waals surface area contributed by atoms with Gasteiger partial charge in [0.25, 0.3) is 0 Å². The molecule has 2 aromatic rings. The fourth-order valence-electron chi connectivity index (χ4n) is 1.69. The normalized spacial score (nSPS) is 11.8. The molecule has 8 heteroatoms. The summed E-state index contributed by atoms with van der Waals surface area (Å²) >= 11 is 0. The van der Waals surface area contributed by atoms with Gasteiger partial charge in [0.05, 0.1) is 24.2 Å². The molecule has 0 aliphatic rings. The van der Waals surface area contributed by atoms with Crippen LogP contribution in [0.1, 0.15) is 18.2 Å². The highest BCUT2D eigenvalue weighted by Gasteiger charge is 2.12. The Kier molecular flexibility index (Phi) is 4.15. The topological polar surface area (TPSA) is 76.9 Å². The van der Waals surface area contributed by atoms with Crippen LogP contribution in [0.5, 0.6) is 0 Å². The second-order valence-electron chi connectivity index (χ2n) is 4.28. The SMILES string of the molecule is CCS(=O)(=O)NCc1cn(-c2c(C)cccc2F)nn1. The van der Waals surface area contributed by atoms with E-state index in [2.05, 4.69) is 15.0 Å². The fraction of sp³-hybridized carbons (Fsp3) is 0.333. The van der Waals surface area contributed by atoms with E-state index < -0.39 is 15.8 Å². The molecule has 0 aliphatic carbocycles. The Morgan fingerprint density at radius 2 is 2.15 bits per heavy atom. The van der Waals surface area contributed by atoms with Crippen molar-refractivity contribution in [1.29, 1.82) is 0 Å². The van der Waals surface area contributed by atoms with Crippen LogP contribution in [0.25, 0.3) is 5.69 Å². The van der Waals surface area contributed by atoms with E-state index in [9.17, 15) is 12.8 Å². The first-order valence-corrected chi connectivity index (χ1v) is 7.72. The van der Waals surface area contributed by atoms with Crippen molar-refractivity contribution in [3.05, 3.63) is 41.5 Å². The number of aromatic nitrogens is 3. The standard InChI is InChI=1S/C12H15FN4O2S/c1-3-20(18,19)14-7-10-8-17(16-15-10)12-9(2)5-4-6-11(12)13/h4-6,8,14H,3,7H2,1-2H3. The van der Waals surface area contributed by atoms with E-state index in [0.29, 0.717) is 11.4 Å². The number of nitrogens with one attached hydrogen (secondary N) is 1. The maximum Gasteiger partial charge on any atom is 0.211 e. The quantitative estimate of drug-likeness (QED) is 0.898. The van der Waals surface area contributed by atoms with Crippen LogP contribution in [0.15, 0.2) is 24.4 Å². The molecule has 1 heterocycles. The third-order valence-corrected chi connectivity index (χ3v) is 4.16. The maximum absolute atomic E-state index is 13.8. The van der Waals surface area contributed by atoms with Crippen molar-refractivity contribution in [3.63, 3.8) is 0 Å². The molecule has 6 nitrogen and oxygen atoms in total. The Bertz CT molecular complexity index is 692. The lowest BCUT2D eigenvalue weighted by Gasteiger charge is -2.05. The predicted octanol–water partition coefficient (Wildman–Crippen LogP) is 1.15. The van der Waals surface area contributed by atoms with E-state index in [1.807, 2.05) is 0 Å². The van der Waals surface area contributed by atoms with Gasteiger partial charge in [-0.1, -0.05) is 17.3 Å². The minimum Gasteiger partial charge on any atom is -0.217 e. The average molecular weight is 298 g/mol. The molecule has 0 bridgehead atoms. The van der Waals surface area contributed by atoms with Crippen LogP contribution in [0, 0.1) is 12.7 Å². The van der Waals surface area contributed by atoms with Crippen molar-refractivity contribution in [2.24, 2.45) is 0 Å². The van der Waals surface area contributed by atoms with Gasteiger partial charge in [-0.15, -0.1) is 5.10 Å². The molecule has 1 aromatic heterocycles. The number of rotatable bonds is 5. The molecule has 0 aliphatic heterocycles. The highest BCUT2D eigenvalue weighted by molar-refractivity contribution is 7.89. The van der Waals surface area contributed by atoms with E-state index >= 15 is 0 Å². The number of hydrogen-bond donors (Lipinski definition) is 1. The van der Waals surface area contributed by atoms with E-state index in [4.69, 9.17) is 0 Å². The minimum absolute atomic E-state index is 0.00639. The molecule has 0 fully saturated rings. The zero-order valence-electron chi connectivity index (χ0n) is 11.2. The third kappa shape index (κ3) is 3.20.